The minimum Gasteiger partial charge on any atom is -0.352 e. The largest absolute Gasteiger partial charge is 0.352 e. The number of amides is 1. The molecule has 0 aliphatic carbocycles. The van der Waals surface area contributed by atoms with Gasteiger partial charge in [-0.1, -0.05) is 64.5 Å². The summed E-state index contributed by atoms with van der Waals surface area (Å²) in [6, 6.07) is 23.0. The highest BCUT2D eigenvalue weighted by molar-refractivity contribution is 9.10. The van der Waals surface area contributed by atoms with E-state index in [-0.39, 0.29) is 23.2 Å². The average molecular weight is 506 g/mol. The van der Waals surface area contributed by atoms with E-state index in [0.717, 1.165) is 15.6 Å². The Bertz CT molecular complexity index is 1380. The van der Waals surface area contributed by atoms with Gasteiger partial charge >= 0.3 is 0 Å². The van der Waals surface area contributed by atoms with E-state index in [1.807, 2.05) is 54.6 Å². The molecule has 166 valence electrons. The number of rotatable bonds is 7. The number of benzene rings is 3. The van der Waals surface area contributed by atoms with Gasteiger partial charge < -0.3 is 9.88 Å². The standard InChI is InChI=1S/C25H20BrN3O4/c26-19-11-9-18(10-12-19)16-28-22-7-4-8-23(29(32)33)20(22)15-21(25(28)31)24(30)27-14-13-17-5-2-1-3-6-17/h1-12,15H,13-14,16H2,(H,27,30). The fourth-order valence-corrected chi connectivity index (χ4v) is 3.96. The van der Waals surface area contributed by atoms with Gasteiger partial charge in [0.25, 0.3) is 17.2 Å². The molecule has 7 nitrogen and oxygen atoms in total. The normalized spacial score (nSPS) is 10.8. The highest BCUT2D eigenvalue weighted by Gasteiger charge is 2.21. The number of non-ortho nitro benzene ring substituents is 1. The lowest BCUT2D eigenvalue weighted by Gasteiger charge is -2.14. The molecular weight excluding hydrogens is 486 g/mol. The van der Waals surface area contributed by atoms with Crippen molar-refractivity contribution in [1.29, 1.82) is 0 Å². The average Bonchev–Trinajstić information content (AvgIpc) is 2.82. The van der Waals surface area contributed by atoms with Crippen molar-refractivity contribution < 1.29 is 9.72 Å². The maximum Gasteiger partial charge on any atom is 0.278 e. The molecule has 3 aromatic carbocycles. The maximum atomic E-state index is 13.3. The second kappa shape index (κ2) is 9.79. The van der Waals surface area contributed by atoms with E-state index in [4.69, 9.17) is 0 Å². The summed E-state index contributed by atoms with van der Waals surface area (Å²) in [5.41, 5.74) is 1.51. The molecular formula is C25H20BrN3O4. The Balaban J connectivity index is 1.73. The van der Waals surface area contributed by atoms with Crippen molar-refractivity contribution in [3.8, 4) is 0 Å². The Hall–Kier alpha value is -3.78. The van der Waals surface area contributed by atoms with Crippen molar-refractivity contribution >= 4 is 38.4 Å². The minimum absolute atomic E-state index is 0.123. The number of carbonyl (C=O) groups excluding carboxylic acids is 1. The number of hydrogen-bond donors (Lipinski definition) is 1. The van der Waals surface area contributed by atoms with Crippen molar-refractivity contribution in [3.63, 3.8) is 0 Å². The van der Waals surface area contributed by atoms with E-state index < -0.39 is 16.4 Å². The SMILES string of the molecule is O=C(NCCc1ccccc1)c1cc2c([N+](=O)[O-])cccc2n(Cc2ccc(Br)cc2)c1=O. The van der Waals surface area contributed by atoms with Crippen LogP contribution in [0.1, 0.15) is 21.5 Å². The predicted octanol–water partition coefficient (Wildman–Crippen LogP) is 4.69. The smallest absolute Gasteiger partial charge is 0.278 e. The van der Waals surface area contributed by atoms with Crippen molar-refractivity contribution in [1.82, 2.24) is 9.88 Å². The van der Waals surface area contributed by atoms with Gasteiger partial charge in [0.2, 0.25) is 0 Å². The molecule has 1 heterocycles. The molecule has 1 N–H and O–H groups in total. The van der Waals surface area contributed by atoms with Gasteiger partial charge in [0, 0.05) is 17.1 Å². The number of nitrogens with zero attached hydrogens (tertiary/aromatic N) is 2. The first kappa shape index (κ1) is 22.4. The Morgan fingerprint density at radius 3 is 2.39 bits per heavy atom. The molecule has 33 heavy (non-hydrogen) atoms. The van der Waals surface area contributed by atoms with Crippen LogP contribution in [0.4, 0.5) is 5.69 Å². The highest BCUT2D eigenvalue weighted by Crippen LogP contribution is 2.26. The molecule has 0 radical (unpaired) electrons. The lowest BCUT2D eigenvalue weighted by Crippen LogP contribution is -2.34. The second-order valence-electron chi connectivity index (χ2n) is 7.53. The van der Waals surface area contributed by atoms with Crippen LogP contribution >= 0.6 is 15.9 Å². The second-order valence-corrected chi connectivity index (χ2v) is 8.45. The lowest BCUT2D eigenvalue weighted by atomic mass is 10.1. The van der Waals surface area contributed by atoms with Crippen molar-refractivity contribution in [2.75, 3.05) is 6.54 Å². The Morgan fingerprint density at radius 1 is 0.970 bits per heavy atom. The number of nitro groups is 1. The number of nitro benzene ring substituents is 1. The quantitative estimate of drug-likeness (QED) is 0.291. The number of hydrogen-bond acceptors (Lipinski definition) is 4. The number of aromatic nitrogens is 1. The molecule has 0 spiro atoms. The highest BCUT2D eigenvalue weighted by atomic mass is 79.9. The summed E-state index contributed by atoms with van der Waals surface area (Å²) < 4.78 is 2.31. The van der Waals surface area contributed by atoms with Crippen LogP contribution in [0.25, 0.3) is 10.9 Å². The summed E-state index contributed by atoms with van der Waals surface area (Å²) in [5.74, 6) is -0.555. The summed E-state index contributed by atoms with van der Waals surface area (Å²) in [5, 5.41) is 14.6. The Kier molecular flexibility index (Phi) is 6.65. The molecule has 0 atom stereocenters. The summed E-state index contributed by atoms with van der Waals surface area (Å²) in [7, 11) is 0. The van der Waals surface area contributed by atoms with Crippen LogP contribution in [-0.2, 0) is 13.0 Å². The number of carbonyl (C=O) groups is 1. The van der Waals surface area contributed by atoms with Crippen LogP contribution in [0, 0.1) is 10.1 Å². The third-order valence-electron chi connectivity index (χ3n) is 5.35. The van der Waals surface area contributed by atoms with Crippen molar-refractivity contribution in [3.05, 3.63) is 120 Å². The summed E-state index contributed by atoms with van der Waals surface area (Å²) in [4.78, 5) is 37.4. The predicted molar refractivity (Wildman–Crippen MR) is 131 cm³/mol. The molecule has 0 saturated carbocycles. The van der Waals surface area contributed by atoms with Crippen LogP contribution in [0.15, 0.2) is 88.1 Å². The zero-order valence-electron chi connectivity index (χ0n) is 17.5. The minimum atomic E-state index is -0.555. The first-order valence-electron chi connectivity index (χ1n) is 10.3. The fraction of sp³-hybridized carbons (Fsp3) is 0.120. The van der Waals surface area contributed by atoms with Gasteiger partial charge in [-0.05, 0) is 41.8 Å². The Morgan fingerprint density at radius 2 is 1.70 bits per heavy atom. The molecule has 0 aliphatic heterocycles. The van der Waals surface area contributed by atoms with Gasteiger partial charge in [0.1, 0.15) is 5.56 Å². The zero-order valence-corrected chi connectivity index (χ0v) is 19.1. The summed E-state index contributed by atoms with van der Waals surface area (Å²) in [6.07, 6.45) is 0.605. The zero-order chi connectivity index (χ0) is 23.4. The van der Waals surface area contributed by atoms with Gasteiger partial charge in [0.05, 0.1) is 22.4 Å². The van der Waals surface area contributed by atoms with Gasteiger partial charge in [-0.25, -0.2) is 0 Å². The first-order chi connectivity index (χ1) is 15.9. The number of pyridine rings is 1. The summed E-state index contributed by atoms with van der Waals surface area (Å²) >= 11 is 3.39. The van der Waals surface area contributed by atoms with Crippen LogP contribution in [0.5, 0.6) is 0 Å². The van der Waals surface area contributed by atoms with Crippen LogP contribution in [0.2, 0.25) is 0 Å². The van der Waals surface area contributed by atoms with E-state index in [1.165, 1.54) is 22.8 Å². The molecule has 1 aromatic heterocycles. The molecule has 1 amide bonds. The van der Waals surface area contributed by atoms with Gasteiger partial charge in [-0.3, -0.25) is 19.7 Å². The van der Waals surface area contributed by atoms with Crippen molar-refractivity contribution in [2.45, 2.75) is 13.0 Å². The molecule has 0 saturated heterocycles. The third kappa shape index (κ3) is 5.01. The van der Waals surface area contributed by atoms with Gasteiger partial charge in [0.15, 0.2) is 0 Å². The number of halogens is 1. The molecule has 0 fully saturated rings. The lowest BCUT2D eigenvalue weighted by molar-refractivity contribution is -0.383. The topological polar surface area (TPSA) is 94.2 Å². The maximum absolute atomic E-state index is 13.3. The molecule has 0 aliphatic rings. The number of nitrogens with one attached hydrogen (secondary N) is 1. The summed E-state index contributed by atoms with van der Waals surface area (Å²) in [6.45, 7) is 0.513. The van der Waals surface area contributed by atoms with Gasteiger partial charge in [-0.2, -0.15) is 0 Å². The Labute approximate surface area is 198 Å². The van der Waals surface area contributed by atoms with Crippen LogP contribution in [-0.4, -0.2) is 21.9 Å². The first-order valence-corrected chi connectivity index (χ1v) is 11.1. The fourth-order valence-electron chi connectivity index (χ4n) is 3.70. The monoisotopic (exact) mass is 505 g/mol. The van der Waals surface area contributed by atoms with E-state index in [9.17, 15) is 19.7 Å². The van der Waals surface area contributed by atoms with E-state index in [1.54, 1.807) is 6.07 Å². The third-order valence-corrected chi connectivity index (χ3v) is 5.88. The van der Waals surface area contributed by atoms with E-state index in [0.29, 0.717) is 18.5 Å². The molecule has 0 bridgehead atoms. The van der Waals surface area contributed by atoms with E-state index in [2.05, 4.69) is 21.2 Å². The van der Waals surface area contributed by atoms with Crippen molar-refractivity contribution in [2.24, 2.45) is 0 Å². The molecule has 0 unspecified atom stereocenters. The van der Waals surface area contributed by atoms with Crippen LogP contribution < -0.4 is 10.9 Å². The molecule has 4 aromatic rings. The molecule has 4 rings (SSSR count). The van der Waals surface area contributed by atoms with Gasteiger partial charge in [-0.15, -0.1) is 0 Å². The number of fused-ring (bicyclic) bond motifs is 1. The van der Waals surface area contributed by atoms with E-state index >= 15 is 0 Å². The molecule has 8 heteroatoms. The van der Waals surface area contributed by atoms with Crippen LogP contribution in [0.3, 0.4) is 0 Å².